The zero-order chi connectivity index (χ0) is 34.5. The van der Waals surface area contributed by atoms with E-state index < -0.39 is 0 Å². The van der Waals surface area contributed by atoms with Gasteiger partial charge < -0.3 is 0 Å². The van der Waals surface area contributed by atoms with Crippen molar-refractivity contribution in [1.82, 2.24) is 0 Å². The minimum absolute atomic E-state index is 0. The molecule has 0 radical (unpaired) electrons. The Morgan fingerprint density at radius 3 is 1.49 bits per heavy atom. The number of unbranched alkanes of at least 4 members (excludes halogenated alkanes) is 20. The topological polar surface area (TPSA) is 24.7 Å². The molecule has 0 aromatic heterocycles. The van der Waals surface area contributed by atoms with Gasteiger partial charge in [0.2, 0.25) is 0 Å². The second kappa shape index (κ2) is 30.6. The molecule has 0 aliphatic carbocycles. The van der Waals surface area contributed by atoms with E-state index in [2.05, 4.69) is 88.9 Å². The first kappa shape index (κ1) is 44.9. The molecule has 0 fully saturated rings. The van der Waals surface area contributed by atoms with Crippen LogP contribution in [0.5, 0.6) is 0 Å². The van der Waals surface area contributed by atoms with Crippen LogP contribution >= 0.6 is 0 Å². The van der Waals surface area contributed by atoms with Gasteiger partial charge >= 0.3 is 0 Å². The molecule has 2 aromatic rings. The first-order valence-electron chi connectivity index (χ1n) is 20.3. The molecule has 0 N–H and O–H groups in total. The van der Waals surface area contributed by atoms with Gasteiger partial charge in [0, 0.05) is 29.3 Å². The van der Waals surface area contributed by atoms with Gasteiger partial charge in [0.05, 0.1) is 22.8 Å². The van der Waals surface area contributed by atoms with Gasteiger partial charge in [0.15, 0.2) is 0 Å². The van der Waals surface area contributed by atoms with Crippen LogP contribution in [0, 0.1) is 25.7 Å². The standard InChI is InChI=1S/C46H72N2.Ni/c1-6-9-10-11-12-13-14-15-16-17-18-19-20-21-22-23-24-25-26-27-28-29-30-31-34-42-35-32-33-36-46(42)48-45(8-3)44(7-2)47-43-38-37-40(4)41(5)39-43;/h32-33,35-39H,6-28,31,34H2,1-5H3;. The van der Waals surface area contributed by atoms with E-state index >= 15 is 0 Å². The van der Waals surface area contributed by atoms with Crippen molar-refractivity contribution < 1.29 is 16.5 Å². The van der Waals surface area contributed by atoms with Crippen LogP contribution in [0.2, 0.25) is 0 Å². The van der Waals surface area contributed by atoms with Gasteiger partial charge in [-0.05, 0) is 74.4 Å². The van der Waals surface area contributed by atoms with E-state index in [0.717, 1.165) is 54.9 Å². The SMILES string of the molecule is CCCCCCCCCCCCCCCCCCCCCCC#CCCc1ccccc1N=C(CC)C(CC)=Nc1ccc(C)c(C)c1.[Ni]. The van der Waals surface area contributed by atoms with Crippen molar-refractivity contribution in [2.45, 2.75) is 195 Å². The molecule has 0 amide bonds. The number of para-hydroxylation sites is 1. The van der Waals surface area contributed by atoms with Crippen LogP contribution in [-0.4, -0.2) is 11.4 Å². The number of aliphatic imine (C=N–C) groups is 2. The normalized spacial score (nSPS) is 11.7. The van der Waals surface area contributed by atoms with E-state index in [1.165, 1.54) is 145 Å². The van der Waals surface area contributed by atoms with Crippen LogP contribution in [0.3, 0.4) is 0 Å². The summed E-state index contributed by atoms with van der Waals surface area (Å²) in [5, 5.41) is 0. The summed E-state index contributed by atoms with van der Waals surface area (Å²) in [4.78, 5) is 10.1. The Hall–Kier alpha value is -2.17. The smallest absolute Gasteiger partial charge is 0.0666 e. The molecule has 3 heteroatoms. The summed E-state index contributed by atoms with van der Waals surface area (Å²) in [6.07, 6.45) is 33.1. The Morgan fingerprint density at radius 2 is 0.980 bits per heavy atom. The Labute approximate surface area is 314 Å². The van der Waals surface area contributed by atoms with Crippen LogP contribution < -0.4 is 0 Å². The Kier molecular flexibility index (Phi) is 28.0. The van der Waals surface area contributed by atoms with Gasteiger partial charge in [-0.15, -0.1) is 11.8 Å². The fraction of sp³-hybridized carbons (Fsp3) is 0.652. The van der Waals surface area contributed by atoms with Crippen LogP contribution in [-0.2, 0) is 22.9 Å². The number of nitrogens with zero attached hydrogens (tertiary/aromatic N) is 2. The van der Waals surface area contributed by atoms with E-state index in [-0.39, 0.29) is 16.5 Å². The van der Waals surface area contributed by atoms with Crippen LogP contribution in [0.15, 0.2) is 52.4 Å². The van der Waals surface area contributed by atoms with Crippen LogP contribution in [0.1, 0.15) is 192 Å². The maximum Gasteiger partial charge on any atom is 0.0666 e. The largest absolute Gasteiger partial charge is 0.252 e. The van der Waals surface area contributed by atoms with Gasteiger partial charge in [0.25, 0.3) is 0 Å². The van der Waals surface area contributed by atoms with Crippen LogP contribution in [0.4, 0.5) is 11.4 Å². The molecular formula is C46H72N2Ni. The summed E-state index contributed by atoms with van der Waals surface area (Å²) in [6.45, 7) is 11.0. The number of hydrogen-bond acceptors (Lipinski definition) is 2. The third kappa shape index (κ3) is 21.6. The molecule has 0 heterocycles. The summed E-state index contributed by atoms with van der Waals surface area (Å²) in [5.74, 6) is 6.89. The number of rotatable bonds is 27. The Morgan fingerprint density at radius 1 is 0.510 bits per heavy atom. The maximum atomic E-state index is 5.13. The molecule has 2 nitrogen and oxygen atoms in total. The minimum Gasteiger partial charge on any atom is -0.252 e. The fourth-order valence-corrected chi connectivity index (χ4v) is 6.47. The molecule has 2 aromatic carbocycles. The number of aryl methyl sites for hydroxylation is 3. The molecule has 0 aliphatic rings. The molecule has 0 aliphatic heterocycles. The predicted molar refractivity (Wildman–Crippen MR) is 216 cm³/mol. The molecule has 49 heavy (non-hydrogen) atoms. The van der Waals surface area contributed by atoms with Crippen molar-refractivity contribution in [3.63, 3.8) is 0 Å². The fourth-order valence-electron chi connectivity index (χ4n) is 6.47. The van der Waals surface area contributed by atoms with Gasteiger partial charge in [0.1, 0.15) is 0 Å². The van der Waals surface area contributed by atoms with Gasteiger partial charge in [-0.1, -0.05) is 167 Å². The van der Waals surface area contributed by atoms with Crippen molar-refractivity contribution in [3.8, 4) is 11.8 Å². The number of hydrogen-bond donors (Lipinski definition) is 0. The summed E-state index contributed by atoms with van der Waals surface area (Å²) < 4.78 is 0. The minimum atomic E-state index is 0. The maximum absolute atomic E-state index is 5.13. The third-order valence-electron chi connectivity index (χ3n) is 9.80. The third-order valence-corrected chi connectivity index (χ3v) is 9.80. The van der Waals surface area contributed by atoms with Crippen molar-refractivity contribution in [3.05, 3.63) is 59.2 Å². The molecule has 0 spiro atoms. The summed E-state index contributed by atoms with van der Waals surface area (Å²) in [7, 11) is 0. The van der Waals surface area contributed by atoms with Crippen molar-refractivity contribution in [2.24, 2.45) is 9.98 Å². The van der Waals surface area contributed by atoms with E-state index in [9.17, 15) is 0 Å². The second-order valence-corrected chi connectivity index (χ2v) is 14.0. The molecule has 276 valence electrons. The molecule has 0 bridgehead atoms. The molecule has 2 rings (SSSR count). The first-order valence-corrected chi connectivity index (χ1v) is 20.3. The van der Waals surface area contributed by atoms with E-state index in [1.807, 2.05) is 0 Å². The molecule has 0 saturated heterocycles. The van der Waals surface area contributed by atoms with Crippen molar-refractivity contribution in [2.75, 3.05) is 0 Å². The zero-order valence-electron chi connectivity index (χ0n) is 32.4. The van der Waals surface area contributed by atoms with Crippen molar-refractivity contribution >= 4 is 22.8 Å². The summed E-state index contributed by atoms with van der Waals surface area (Å²) in [5.41, 5.74) is 8.08. The Bertz CT molecular complexity index is 1230. The average molecular weight is 712 g/mol. The number of benzene rings is 2. The van der Waals surface area contributed by atoms with E-state index in [0.29, 0.717) is 0 Å². The van der Waals surface area contributed by atoms with Gasteiger partial charge in [-0.25, -0.2) is 0 Å². The van der Waals surface area contributed by atoms with Gasteiger partial charge in [-0.2, -0.15) is 0 Å². The molecule has 0 saturated carbocycles. The van der Waals surface area contributed by atoms with Gasteiger partial charge in [-0.3, -0.25) is 9.98 Å². The zero-order valence-corrected chi connectivity index (χ0v) is 33.4. The van der Waals surface area contributed by atoms with E-state index in [1.54, 1.807) is 0 Å². The summed E-state index contributed by atoms with van der Waals surface area (Å²) in [6, 6.07) is 15.0. The van der Waals surface area contributed by atoms with E-state index in [4.69, 9.17) is 9.98 Å². The molecule has 0 atom stereocenters. The quantitative estimate of drug-likeness (QED) is 0.0381. The predicted octanol–water partition coefficient (Wildman–Crippen LogP) is 15.1. The monoisotopic (exact) mass is 711 g/mol. The summed E-state index contributed by atoms with van der Waals surface area (Å²) >= 11 is 0. The molecular weight excluding hydrogens is 639 g/mol. The average Bonchev–Trinajstić information content (AvgIpc) is 3.10. The van der Waals surface area contributed by atoms with Crippen molar-refractivity contribution in [1.29, 1.82) is 0 Å². The van der Waals surface area contributed by atoms with Crippen LogP contribution in [0.25, 0.3) is 0 Å². The molecule has 0 unspecified atom stereocenters. The Balaban J connectivity index is 0.0000120. The first-order chi connectivity index (χ1) is 23.6. The second-order valence-electron chi connectivity index (χ2n) is 14.0.